The van der Waals surface area contributed by atoms with Crippen LogP contribution in [0.3, 0.4) is 0 Å². The summed E-state index contributed by atoms with van der Waals surface area (Å²) in [5.74, 6) is 0. The highest BCUT2D eigenvalue weighted by molar-refractivity contribution is 7.26. The molecule has 19 rings (SSSR count). The lowest BCUT2D eigenvalue weighted by atomic mass is 9.86. The maximum absolute atomic E-state index is 2.62. The van der Waals surface area contributed by atoms with Gasteiger partial charge in [-0.3, -0.25) is 0 Å². The Labute approximate surface area is 541 Å². The molecule has 0 saturated heterocycles. The molecule has 0 radical (unpaired) electrons. The lowest BCUT2D eigenvalue weighted by Crippen LogP contribution is -2.12. The third-order valence-corrected chi connectivity index (χ3v) is 22.3. The number of fused-ring (bicyclic) bond motifs is 18. The molecule has 13 aromatic carbocycles. The van der Waals surface area contributed by atoms with Crippen molar-refractivity contribution in [2.24, 2.45) is 0 Å². The van der Waals surface area contributed by atoms with E-state index in [0.29, 0.717) is 0 Å². The second-order valence-electron chi connectivity index (χ2n) is 27.2. The Balaban J connectivity index is 0.926. The third kappa shape index (κ3) is 7.62. The third-order valence-electron chi connectivity index (χ3n) is 19.9. The number of nitrogens with zero attached hydrogens (tertiary/aromatic N) is 4. The minimum Gasteiger partial charge on any atom is -0.308 e. The molecule has 0 N–H and O–H groups in total. The number of para-hydroxylation sites is 2. The summed E-state index contributed by atoms with van der Waals surface area (Å²) in [7, 11) is 0. The Morgan fingerprint density at radius 1 is 0.272 bits per heavy atom. The zero-order valence-corrected chi connectivity index (χ0v) is 53.6. The van der Waals surface area contributed by atoms with Gasteiger partial charge >= 0.3 is 0 Å². The second-order valence-corrected chi connectivity index (χ2v) is 29.3. The zero-order valence-electron chi connectivity index (χ0n) is 52.0. The predicted octanol–water partition coefficient (Wildman–Crippen LogP) is 25.6. The van der Waals surface area contributed by atoms with Crippen LogP contribution in [-0.4, -0.2) is 8.80 Å². The Morgan fingerprint density at radius 2 is 0.652 bits per heavy atom. The molecule has 92 heavy (non-hydrogen) atoms. The first kappa shape index (κ1) is 53.3. The van der Waals surface area contributed by atoms with Crippen molar-refractivity contribution in [3.8, 4) is 22.3 Å². The molecule has 0 fully saturated rings. The number of hydrogen-bond acceptors (Lipinski definition) is 4. The molecule has 0 aliphatic rings. The molecule has 6 heteroatoms. The SMILES string of the molecule is CC(C)(C)c1ccc2c(c1)c1c(N(c3ccccc3-c3ccccc3)c3cccc4c3sc3ccccc34)ccc3c4cc5c(cc4n2c31)c1ccc(N(c2ccccc2-c2ccccc2)c2cccc3c2sc2ccccc23)c2c3cc(C(C)(C)C)ccc3n5c12. The van der Waals surface area contributed by atoms with Gasteiger partial charge in [0.15, 0.2) is 0 Å². The number of aromatic nitrogens is 2. The topological polar surface area (TPSA) is 15.3 Å². The van der Waals surface area contributed by atoms with E-state index in [4.69, 9.17) is 0 Å². The highest BCUT2D eigenvalue weighted by atomic mass is 32.1. The zero-order chi connectivity index (χ0) is 61.5. The van der Waals surface area contributed by atoms with E-state index in [-0.39, 0.29) is 10.8 Å². The van der Waals surface area contributed by atoms with E-state index in [1.165, 1.54) is 161 Å². The normalized spacial score (nSPS) is 12.7. The quantitative estimate of drug-likeness (QED) is 0.151. The molecule has 0 unspecified atom stereocenters. The number of rotatable bonds is 8. The fraction of sp³-hybridized carbons (Fsp3) is 0.0930. The van der Waals surface area contributed by atoms with Crippen LogP contribution in [0.5, 0.6) is 0 Å². The van der Waals surface area contributed by atoms with Crippen molar-refractivity contribution in [3.63, 3.8) is 0 Å². The van der Waals surface area contributed by atoms with Crippen LogP contribution in [0.25, 0.3) is 139 Å². The Morgan fingerprint density at radius 3 is 1.09 bits per heavy atom. The number of benzene rings is 13. The van der Waals surface area contributed by atoms with Crippen LogP contribution in [0.4, 0.5) is 34.1 Å². The van der Waals surface area contributed by atoms with Gasteiger partial charge in [0.2, 0.25) is 0 Å². The average Bonchev–Trinajstić information content (AvgIpc) is 1.51. The summed E-state index contributed by atoms with van der Waals surface area (Å²) in [5, 5.41) is 15.1. The lowest BCUT2D eigenvalue weighted by molar-refractivity contribution is 0.591. The van der Waals surface area contributed by atoms with Gasteiger partial charge in [0.05, 0.1) is 76.6 Å². The fourth-order valence-electron chi connectivity index (χ4n) is 15.5. The maximum Gasteiger partial charge on any atom is 0.0641 e. The van der Waals surface area contributed by atoms with Crippen LogP contribution in [0.15, 0.2) is 267 Å². The molecule has 6 aromatic heterocycles. The Bertz CT molecular complexity index is 5840. The van der Waals surface area contributed by atoms with Crippen molar-refractivity contribution < 1.29 is 0 Å². The second kappa shape index (κ2) is 19.5. The van der Waals surface area contributed by atoms with Crippen molar-refractivity contribution in [3.05, 3.63) is 278 Å². The van der Waals surface area contributed by atoms with Crippen molar-refractivity contribution in [2.75, 3.05) is 9.80 Å². The monoisotopic (exact) mass is 1210 g/mol. The Kier molecular flexibility index (Phi) is 11.3. The van der Waals surface area contributed by atoms with E-state index in [2.05, 4.69) is 327 Å². The molecule has 4 nitrogen and oxygen atoms in total. The summed E-state index contributed by atoms with van der Waals surface area (Å²) in [5.41, 5.74) is 21.4. The number of thiophene rings is 2. The van der Waals surface area contributed by atoms with Crippen LogP contribution in [0.2, 0.25) is 0 Å². The number of hydrogen-bond donors (Lipinski definition) is 0. The molecule has 438 valence electrons. The molecule has 0 amide bonds. The largest absolute Gasteiger partial charge is 0.308 e. The van der Waals surface area contributed by atoms with Gasteiger partial charge in [0.1, 0.15) is 0 Å². The molecule has 0 aliphatic carbocycles. The van der Waals surface area contributed by atoms with Gasteiger partial charge in [-0.1, -0.05) is 224 Å². The van der Waals surface area contributed by atoms with Crippen molar-refractivity contribution in [2.45, 2.75) is 52.4 Å². The minimum absolute atomic E-state index is 0.0868. The highest BCUT2D eigenvalue weighted by Crippen LogP contribution is 2.56. The van der Waals surface area contributed by atoms with Crippen molar-refractivity contribution in [1.82, 2.24) is 8.80 Å². The summed E-state index contributed by atoms with van der Waals surface area (Å²) >= 11 is 3.78. The summed E-state index contributed by atoms with van der Waals surface area (Å²) in [6.07, 6.45) is 0. The molecule has 0 aliphatic heterocycles. The van der Waals surface area contributed by atoms with Crippen molar-refractivity contribution in [1.29, 1.82) is 0 Å². The summed E-state index contributed by atoms with van der Waals surface area (Å²) in [6, 6.07) is 101. The first-order valence-corrected chi connectivity index (χ1v) is 33.7. The maximum atomic E-state index is 2.62. The van der Waals surface area contributed by atoms with Crippen LogP contribution in [0, 0.1) is 0 Å². The van der Waals surface area contributed by atoms with Crippen LogP contribution < -0.4 is 9.80 Å². The smallest absolute Gasteiger partial charge is 0.0641 e. The van der Waals surface area contributed by atoms with Crippen molar-refractivity contribution >= 4 is 173 Å². The van der Waals surface area contributed by atoms with Crippen LogP contribution in [-0.2, 0) is 10.8 Å². The molecule has 0 bridgehead atoms. The average molecular weight is 1220 g/mol. The number of anilines is 6. The summed E-state index contributed by atoms with van der Waals surface area (Å²) in [4.78, 5) is 5.20. The Hall–Kier alpha value is -10.5. The van der Waals surface area contributed by atoms with Gasteiger partial charge in [-0.15, -0.1) is 22.7 Å². The van der Waals surface area contributed by atoms with E-state index in [1.54, 1.807) is 0 Å². The van der Waals surface area contributed by atoms with Gasteiger partial charge < -0.3 is 18.6 Å². The van der Waals surface area contributed by atoms with E-state index >= 15 is 0 Å². The molecule has 0 saturated carbocycles. The lowest BCUT2D eigenvalue weighted by Gasteiger charge is -2.29. The van der Waals surface area contributed by atoms with Gasteiger partial charge in [-0.05, 0) is 118 Å². The molecule has 6 heterocycles. The van der Waals surface area contributed by atoms with Crippen LogP contribution in [0.1, 0.15) is 52.7 Å². The summed E-state index contributed by atoms with van der Waals surface area (Å²) in [6.45, 7) is 14.1. The molecule has 0 spiro atoms. The fourth-order valence-corrected chi connectivity index (χ4v) is 17.9. The van der Waals surface area contributed by atoms with Gasteiger partial charge in [-0.2, -0.15) is 0 Å². The van der Waals surface area contributed by atoms with Gasteiger partial charge in [0.25, 0.3) is 0 Å². The minimum atomic E-state index is -0.0868. The molecular formula is C86H62N4S2. The van der Waals surface area contributed by atoms with E-state index in [9.17, 15) is 0 Å². The van der Waals surface area contributed by atoms with E-state index < -0.39 is 0 Å². The van der Waals surface area contributed by atoms with Gasteiger partial charge in [0, 0.05) is 85.2 Å². The van der Waals surface area contributed by atoms with E-state index in [0.717, 1.165) is 22.7 Å². The summed E-state index contributed by atoms with van der Waals surface area (Å²) < 4.78 is 10.3. The van der Waals surface area contributed by atoms with Crippen LogP contribution >= 0.6 is 22.7 Å². The molecule has 0 atom stereocenters. The highest BCUT2D eigenvalue weighted by Gasteiger charge is 2.32. The first-order chi connectivity index (χ1) is 44.9. The predicted molar refractivity (Wildman–Crippen MR) is 399 cm³/mol. The van der Waals surface area contributed by atoms with Gasteiger partial charge in [-0.25, -0.2) is 0 Å². The first-order valence-electron chi connectivity index (χ1n) is 32.1. The standard InChI is InChI=1S/C86H62N4S2/c1-85(2,3)53-39-43-69-65(47-53)79-71(87(67-33-17-13-27-55(67)51-23-9-7-10-24-51)73-35-21-31-61-57-29-15-19-37-77(57)91-83(61)73)45-41-59-63-50-76-64(49-75(63)89(69)81(59)79)60-42-46-72(80-66-48-54(86(4,5)6)40-44-70(66)90(76)82(60)80)88(68-34-18-14-28-56(68)52-25-11-8-12-26-52)74-36-22-32-62-58-30-16-20-38-78(58)92-84(62)74/h7-50H,1-6H3. The molecule has 19 aromatic rings. The molecular weight excluding hydrogens is 1150 g/mol. The van der Waals surface area contributed by atoms with E-state index in [1.807, 2.05) is 22.7 Å².